The van der Waals surface area contributed by atoms with Crippen molar-refractivity contribution in [1.29, 1.82) is 0 Å². The lowest BCUT2D eigenvalue weighted by Crippen LogP contribution is -2.44. The molecule has 1 saturated heterocycles. The van der Waals surface area contributed by atoms with Crippen molar-refractivity contribution in [1.82, 2.24) is 15.3 Å². The summed E-state index contributed by atoms with van der Waals surface area (Å²) in [6.07, 6.45) is 1.86. The Balaban J connectivity index is 1.88. The molecule has 2 aromatic heterocycles. The minimum absolute atomic E-state index is 0.847. The Bertz CT molecular complexity index is 531. The van der Waals surface area contributed by atoms with E-state index in [4.69, 9.17) is 0 Å². The number of aryl methyl sites for hydroxylation is 1. The largest absolute Gasteiger partial charge is 0.338 e. The first-order valence-electron chi connectivity index (χ1n) is 6.18. The van der Waals surface area contributed by atoms with Crippen LogP contribution in [0.2, 0.25) is 0 Å². The molecule has 3 heterocycles. The maximum Gasteiger partial charge on any atom is 0.225 e. The Kier molecular flexibility index (Phi) is 3.25. The molecule has 1 N–H and O–H groups in total. The Labute approximate surface area is 111 Å². The number of anilines is 1. The third-order valence-electron chi connectivity index (χ3n) is 3.04. The standard InChI is InChI=1S/C13H16N4S/c1-10-2-3-12(18-10)11-4-5-15-13(16-11)17-8-6-14-7-9-17/h2-5,14H,6-9H2,1H3. The third kappa shape index (κ3) is 2.37. The lowest BCUT2D eigenvalue weighted by Gasteiger charge is -2.27. The number of piperazine rings is 1. The minimum atomic E-state index is 0.847. The molecule has 3 rings (SSSR count). The van der Waals surface area contributed by atoms with Crippen LogP contribution in [0.3, 0.4) is 0 Å². The number of thiophene rings is 1. The van der Waals surface area contributed by atoms with Crippen LogP contribution in [0.15, 0.2) is 24.4 Å². The van der Waals surface area contributed by atoms with Crippen LogP contribution >= 0.6 is 11.3 Å². The van der Waals surface area contributed by atoms with Crippen molar-refractivity contribution in [2.45, 2.75) is 6.92 Å². The number of rotatable bonds is 2. The summed E-state index contributed by atoms with van der Waals surface area (Å²) in [5.74, 6) is 0.847. The van der Waals surface area contributed by atoms with Crippen LogP contribution in [0.4, 0.5) is 5.95 Å². The first-order valence-corrected chi connectivity index (χ1v) is 7.00. The zero-order valence-electron chi connectivity index (χ0n) is 10.4. The Morgan fingerprint density at radius 3 is 2.78 bits per heavy atom. The number of nitrogens with one attached hydrogen (secondary N) is 1. The van der Waals surface area contributed by atoms with Crippen molar-refractivity contribution < 1.29 is 0 Å². The molecule has 0 aliphatic carbocycles. The van der Waals surface area contributed by atoms with Crippen LogP contribution in [0.25, 0.3) is 10.6 Å². The van der Waals surface area contributed by atoms with E-state index in [9.17, 15) is 0 Å². The molecule has 5 heteroatoms. The molecule has 1 aliphatic heterocycles. The van der Waals surface area contributed by atoms with Gasteiger partial charge >= 0.3 is 0 Å². The van der Waals surface area contributed by atoms with Gasteiger partial charge in [0.25, 0.3) is 0 Å². The van der Waals surface area contributed by atoms with Gasteiger partial charge in [-0.25, -0.2) is 9.97 Å². The van der Waals surface area contributed by atoms with E-state index in [0.717, 1.165) is 37.8 Å². The van der Waals surface area contributed by atoms with Crippen molar-refractivity contribution in [3.63, 3.8) is 0 Å². The average Bonchev–Trinajstić information content (AvgIpc) is 2.87. The highest BCUT2D eigenvalue weighted by Gasteiger charge is 2.13. The van der Waals surface area contributed by atoms with Crippen molar-refractivity contribution >= 4 is 17.3 Å². The summed E-state index contributed by atoms with van der Waals surface area (Å²) < 4.78 is 0. The van der Waals surface area contributed by atoms with Crippen LogP contribution in [0.1, 0.15) is 4.88 Å². The number of hydrogen-bond donors (Lipinski definition) is 1. The first kappa shape index (κ1) is 11.6. The van der Waals surface area contributed by atoms with Gasteiger partial charge in [0.1, 0.15) is 0 Å². The second-order valence-corrected chi connectivity index (χ2v) is 5.68. The van der Waals surface area contributed by atoms with E-state index in [1.54, 1.807) is 11.3 Å². The second kappa shape index (κ2) is 5.04. The quantitative estimate of drug-likeness (QED) is 0.895. The lowest BCUT2D eigenvalue weighted by molar-refractivity contribution is 0.580. The molecular weight excluding hydrogens is 244 g/mol. The van der Waals surface area contributed by atoms with Gasteiger partial charge in [-0.05, 0) is 25.1 Å². The Hall–Kier alpha value is -1.46. The van der Waals surface area contributed by atoms with Crippen LogP contribution in [-0.4, -0.2) is 36.1 Å². The predicted octanol–water partition coefficient (Wildman–Crippen LogP) is 1.92. The highest BCUT2D eigenvalue weighted by atomic mass is 32.1. The van der Waals surface area contributed by atoms with Crippen LogP contribution in [0.5, 0.6) is 0 Å². The fourth-order valence-corrected chi connectivity index (χ4v) is 2.91. The van der Waals surface area contributed by atoms with Gasteiger partial charge in [0.2, 0.25) is 5.95 Å². The van der Waals surface area contributed by atoms with E-state index in [1.165, 1.54) is 9.75 Å². The highest BCUT2D eigenvalue weighted by Crippen LogP contribution is 2.26. The van der Waals surface area contributed by atoms with Crippen LogP contribution in [0, 0.1) is 6.92 Å². The molecule has 0 spiro atoms. The zero-order valence-corrected chi connectivity index (χ0v) is 11.2. The van der Waals surface area contributed by atoms with Crippen molar-refractivity contribution in [3.8, 4) is 10.6 Å². The van der Waals surface area contributed by atoms with Gasteiger partial charge in [0.15, 0.2) is 0 Å². The molecule has 0 atom stereocenters. The SMILES string of the molecule is Cc1ccc(-c2ccnc(N3CCNCC3)n2)s1. The highest BCUT2D eigenvalue weighted by molar-refractivity contribution is 7.15. The maximum absolute atomic E-state index is 4.68. The van der Waals surface area contributed by atoms with Gasteiger partial charge in [-0.2, -0.15) is 0 Å². The number of nitrogens with zero attached hydrogens (tertiary/aromatic N) is 3. The van der Waals surface area contributed by atoms with Gasteiger partial charge in [-0.3, -0.25) is 0 Å². The maximum atomic E-state index is 4.68. The van der Waals surface area contributed by atoms with E-state index in [1.807, 2.05) is 12.3 Å². The van der Waals surface area contributed by atoms with Gasteiger partial charge in [-0.1, -0.05) is 0 Å². The molecule has 1 fully saturated rings. The number of hydrogen-bond acceptors (Lipinski definition) is 5. The summed E-state index contributed by atoms with van der Waals surface area (Å²) >= 11 is 1.78. The number of aromatic nitrogens is 2. The summed E-state index contributed by atoms with van der Waals surface area (Å²) in [4.78, 5) is 13.8. The topological polar surface area (TPSA) is 41.1 Å². The first-order chi connectivity index (χ1) is 8.83. The summed E-state index contributed by atoms with van der Waals surface area (Å²) in [6, 6.07) is 6.24. The van der Waals surface area contributed by atoms with E-state index < -0.39 is 0 Å². The summed E-state index contributed by atoms with van der Waals surface area (Å²) in [5.41, 5.74) is 1.02. The van der Waals surface area contributed by atoms with Gasteiger partial charge in [-0.15, -0.1) is 11.3 Å². The average molecular weight is 260 g/mol. The lowest BCUT2D eigenvalue weighted by atomic mass is 10.3. The van der Waals surface area contributed by atoms with Crippen molar-refractivity contribution in [2.24, 2.45) is 0 Å². The normalized spacial score (nSPS) is 15.9. The monoisotopic (exact) mass is 260 g/mol. The van der Waals surface area contributed by atoms with E-state index in [0.29, 0.717) is 0 Å². The van der Waals surface area contributed by atoms with Gasteiger partial charge < -0.3 is 10.2 Å². The molecule has 0 bridgehead atoms. The van der Waals surface area contributed by atoms with E-state index >= 15 is 0 Å². The summed E-state index contributed by atoms with van der Waals surface area (Å²) in [5, 5.41) is 3.34. The fourth-order valence-electron chi connectivity index (χ4n) is 2.08. The molecule has 4 nitrogen and oxygen atoms in total. The third-order valence-corrected chi connectivity index (χ3v) is 4.06. The minimum Gasteiger partial charge on any atom is -0.338 e. The van der Waals surface area contributed by atoms with Crippen molar-refractivity contribution in [2.75, 3.05) is 31.1 Å². The molecule has 18 heavy (non-hydrogen) atoms. The molecule has 0 amide bonds. The van der Waals surface area contributed by atoms with Crippen LogP contribution in [-0.2, 0) is 0 Å². The predicted molar refractivity (Wildman–Crippen MR) is 75.2 cm³/mol. The molecular formula is C13H16N4S. The fraction of sp³-hybridized carbons (Fsp3) is 0.385. The second-order valence-electron chi connectivity index (χ2n) is 4.39. The molecule has 94 valence electrons. The van der Waals surface area contributed by atoms with Crippen LogP contribution < -0.4 is 10.2 Å². The molecule has 2 aromatic rings. The smallest absolute Gasteiger partial charge is 0.225 e. The Morgan fingerprint density at radius 2 is 2.06 bits per heavy atom. The van der Waals surface area contributed by atoms with Gasteiger partial charge in [0.05, 0.1) is 10.6 Å². The van der Waals surface area contributed by atoms with Crippen molar-refractivity contribution in [3.05, 3.63) is 29.3 Å². The van der Waals surface area contributed by atoms with E-state index in [2.05, 4.69) is 39.2 Å². The van der Waals surface area contributed by atoms with E-state index in [-0.39, 0.29) is 0 Å². The summed E-state index contributed by atoms with van der Waals surface area (Å²) in [6.45, 7) is 6.09. The zero-order chi connectivity index (χ0) is 12.4. The molecule has 0 unspecified atom stereocenters. The summed E-state index contributed by atoms with van der Waals surface area (Å²) in [7, 11) is 0. The molecule has 0 radical (unpaired) electrons. The molecule has 1 aliphatic rings. The van der Waals surface area contributed by atoms with Gasteiger partial charge in [0, 0.05) is 37.3 Å². The molecule has 0 aromatic carbocycles. The molecule has 0 saturated carbocycles. The Morgan fingerprint density at radius 1 is 1.22 bits per heavy atom.